The van der Waals surface area contributed by atoms with E-state index in [1.807, 2.05) is 0 Å². The second-order valence-electron chi connectivity index (χ2n) is 5.46. The van der Waals surface area contributed by atoms with Crippen molar-refractivity contribution >= 4 is 0 Å². The van der Waals surface area contributed by atoms with Crippen LogP contribution in [0, 0.1) is 11.8 Å². The second kappa shape index (κ2) is 6.13. The van der Waals surface area contributed by atoms with Crippen molar-refractivity contribution in [2.24, 2.45) is 17.7 Å². The molecule has 0 bridgehead atoms. The van der Waals surface area contributed by atoms with Crippen molar-refractivity contribution in [2.45, 2.75) is 50.7 Å². The number of rotatable bonds is 3. The molecule has 1 fully saturated rings. The number of halogens is 3. The highest BCUT2D eigenvalue weighted by Crippen LogP contribution is 2.41. The molecule has 1 unspecified atom stereocenters. The number of nitrogens with one attached hydrogen (secondary N) is 1. The molecule has 1 heterocycles. The molecule has 0 saturated heterocycles. The van der Waals surface area contributed by atoms with Gasteiger partial charge in [-0.05, 0) is 50.0 Å². The number of nitrogens with two attached hydrogens (primary N) is 1. The molecule has 0 aromatic carbocycles. The van der Waals surface area contributed by atoms with Gasteiger partial charge in [-0.2, -0.15) is 13.2 Å². The fourth-order valence-corrected chi connectivity index (χ4v) is 3.14. The van der Waals surface area contributed by atoms with Crippen molar-refractivity contribution in [2.75, 3.05) is 6.61 Å². The highest BCUT2D eigenvalue weighted by molar-refractivity contribution is 5.12. The lowest BCUT2D eigenvalue weighted by molar-refractivity contribution is -0.184. The Morgan fingerprint density at radius 1 is 1.26 bits per heavy atom. The van der Waals surface area contributed by atoms with E-state index in [2.05, 4.69) is 5.43 Å². The average Bonchev–Trinajstić information content (AvgIpc) is 2.40. The molecule has 1 aliphatic heterocycles. The molecule has 0 spiro atoms. The molecule has 2 rings (SSSR count). The van der Waals surface area contributed by atoms with Gasteiger partial charge in [0, 0.05) is 6.04 Å². The summed E-state index contributed by atoms with van der Waals surface area (Å²) in [5, 5.41) is 0. The Morgan fingerprint density at radius 3 is 2.42 bits per heavy atom. The first-order valence-corrected chi connectivity index (χ1v) is 6.85. The van der Waals surface area contributed by atoms with E-state index in [4.69, 9.17) is 10.6 Å². The molecule has 19 heavy (non-hydrogen) atoms. The van der Waals surface area contributed by atoms with Crippen LogP contribution in [0.15, 0.2) is 11.8 Å². The Hall–Kier alpha value is -0.750. The lowest BCUT2D eigenvalue weighted by Gasteiger charge is -2.35. The maximum absolute atomic E-state index is 12.6. The van der Waals surface area contributed by atoms with Crippen molar-refractivity contribution in [3.05, 3.63) is 11.8 Å². The number of hydrogen-bond acceptors (Lipinski definition) is 3. The first-order valence-electron chi connectivity index (χ1n) is 6.85. The van der Waals surface area contributed by atoms with Gasteiger partial charge in [-0.15, -0.1) is 0 Å². The minimum absolute atomic E-state index is 0.0468. The van der Waals surface area contributed by atoms with Gasteiger partial charge in [-0.1, -0.05) is 0 Å². The summed E-state index contributed by atoms with van der Waals surface area (Å²) in [6.07, 6.45) is 1.08. The van der Waals surface area contributed by atoms with Crippen molar-refractivity contribution in [3.63, 3.8) is 0 Å². The van der Waals surface area contributed by atoms with Crippen LogP contribution < -0.4 is 11.3 Å². The second-order valence-corrected chi connectivity index (χ2v) is 5.46. The van der Waals surface area contributed by atoms with Crippen LogP contribution in [0.3, 0.4) is 0 Å². The Bertz CT molecular complexity index is 322. The van der Waals surface area contributed by atoms with Crippen LogP contribution in [0.4, 0.5) is 13.2 Å². The molecule has 1 aliphatic carbocycles. The number of ether oxygens (including phenoxy) is 1. The molecule has 110 valence electrons. The fourth-order valence-electron chi connectivity index (χ4n) is 3.14. The van der Waals surface area contributed by atoms with Gasteiger partial charge < -0.3 is 4.74 Å². The molecular formula is C13H21F3N2O. The van der Waals surface area contributed by atoms with E-state index in [1.54, 1.807) is 6.26 Å². The van der Waals surface area contributed by atoms with Crippen LogP contribution >= 0.6 is 0 Å². The molecule has 3 nitrogen and oxygen atoms in total. The lowest BCUT2D eigenvalue weighted by Crippen LogP contribution is -2.44. The van der Waals surface area contributed by atoms with E-state index in [-0.39, 0.29) is 24.8 Å². The summed E-state index contributed by atoms with van der Waals surface area (Å²) in [6.45, 7) is 0.710. The molecule has 1 atom stereocenters. The summed E-state index contributed by atoms with van der Waals surface area (Å²) < 4.78 is 43.2. The molecule has 6 heteroatoms. The van der Waals surface area contributed by atoms with Crippen LogP contribution in [0.1, 0.15) is 38.5 Å². The van der Waals surface area contributed by atoms with Gasteiger partial charge in [0.15, 0.2) is 0 Å². The summed E-state index contributed by atoms with van der Waals surface area (Å²) in [4.78, 5) is 0. The van der Waals surface area contributed by atoms with Gasteiger partial charge in [0.1, 0.15) is 0 Å². The van der Waals surface area contributed by atoms with Crippen LogP contribution in [0.25, 0.3) is 0 Å². The molecule has 2 aliphatic rings. The van der Waals surface area contributed by atoms with Crippen molar-refractivity contribution in [1.29, 1.82) is 0 Å². The SMILES string of the molecule is NNC(C1=COCCC1)C1CCC(C(F)(F)F)CC1. The summed E-state index contributed by atoms with van der Waals surface area (Å²) in [6, 6.07) is -0.0468. The van der Waals surface area contributed by atoms with Crippen LogP contribution in [-0.2, 0) is 4.74 Å². The third kappa shape index (κ3) is 3.63. The van der Waals surface area contributed by atoms with E-state index in [0.29, 0.717) is 19.4 Å². The average molecular weight is 278 g/mol. The summed E-state index contributed by atoms with van der Waals surface area (Å²) in [5.74, 6) is 4.62. The minimum atomic E-state index is -4.05. The number of alkyl halides is 3. The Labute approximate surface area is 111 Å². The quantitative estimate of drug-likeness (QED) is 0.616. The molecular weight excluding hydrogens is 257 g/mol. The van der Waals surface area contributed by atoms with E-state index in [1.165, 1.54) is 0 Å². The highest BCUT2D eigenvalue weighted by atomic mass is 19.4. The Morgan fingerprint density at radius 2 is 1.95 bits per heavy atom. The van der Waals surface area contributed by atoms with Gasteiger partial charge in [-0.25, -0.2) is 0 Å². The molecule has 0 amide bonds. The normalized spacial score (nSPS) is 30.4. The van der Waals surface area contributed by atoms with E-state index < -0.39 is 12.1 Å². The minimum Gasteiger partial charge on any atom is -0.501 e. The molecule has 0 radical (unpaired) electrons. The first kappa shape index (κ1) is 14.7. The smallest absolute Gasteiger partial charge is 0.391 e. The topological polar surface area (TPSA) is 47.3 Å². The lowest BCUT2D eigenvalue weighted by atomic mass is 9.76. The van der Waals surface area contributed by atoms with E-state index in [9.17, 15) is 13.2 Å². The number of hydrazine groups is 1. The van der Waals surface area contributed by atoms with Crippen LogP contribution in [0.5, 0.6) is 0 Å². The molecule has 1 saturated carbocycles. The zero-order chi connectivity index (χ0) is 13.9. The highest BCUT2D eigenvalue weighted by Gasteiger charge is 2.42. The van der Waals surface area contributed by atoms with Gasteiger partial charge in [0.25, 0.3) is 0 Å². The number of hydrogen-bond donors (Lipinski definition) is 2. The fraction of sp³-hybridized carbons (Fsp3) is 0.846. The Balaban J connectivity index is 1.93. The maximum atomic E-state index is 12.6. The monoisotopic (exact) mass is 278 g/mol. The van der Waals surface area contributed by atoms with Crippen molar-refractivity contribution in [1.82, 2.24) is 5.43 Å². The van der Waals surface area contributed by atoms with Gasteiger partial charge >= 0.3 is 6.18 Å². The third-order valence-corrected chi connectivity index (χ3v) is 4.25. The predicted octanol–water partition coefficient (Wildman–Crippen LogP) is 2.88. The van der Waals surface area contributed by atoms with Crippen molar-refractivity contribution < 1.29 is 17.9 Å². The zero-order valence-electron chi connectivity index (χ0n) is 10.9. The van der Waals surface area contributed by atoms with Crippen LogP contribution in [0.2, 0.25) is 0 Å². The van der Waals surface area contributed by atoms with E-state index in [0.717, 1.165) is 18.4 Å². The van der Waals surface area contributed by atoms with Gasteiger partial charge in [0.05, 0.1) is 18.8 Å². The first-order chi connectivity index (χ1) is 9.02. The third-order valence-electron chi connectivity index (χ3n) is 4.25. The maximum Gasteiger partial charge on any atom is 0.391 e. The molecule has 3 N–H and O–H groups in total. The van der Waals surface area contributed by atoms with Gasteiger partial charge in [0.2, 0.25) is 0 Å². The summed E-state index contributed by atoms with van der Waals surface area (Å²) >= 11 is 0. The van der Waals surface area contributed by atoms with E-state index >= 15 is 0 Å². The van der Waals surface area contributed by atoms with Crippen molar-refractivity contribution in [3.8, 4) is 0 Å². The predicted molar refractivity (Wildman–Crippen MR) is 65.9 cm³/mol. The molecule has 0 aromatic heterocycles. The summed E-state index contributed by atoms with van der Waals surface area (Å²) in [5.41, 5.74) is 3.85. The zero-order valence-corrected chi connectivity index (χ0v) is 10.9. The summed E-state index contributed by atoms with van der Waals surface area (Å²) in [7, 11) is 0. The van der Waals surface area contributed by atoms with Crippen LogP contribution in [-0.4, -0.2) is 18.8 Å². The largest absolute Gasteiger partial charge is 0.501 e. The molecule has 0 aromatic rings. The Kier molecular flexibility index (Phi) is 4.73. The van der Waals surface area contributed by atoms with Gasteiger partial charge in [-0.3, -0.25) is 11.3 Å². The standard InChI is InChI=1S/C13H21F3N2O/c14-13(15,16)11-5-3-9(4-6-11)12(18-17)10-2-1-7-19-8-10/h8-9,11-12,18H,1-7,17H2.